The number of hydrogen-bond donors (Lipinski definition) is 1. The monoisotopic (exact) mass is 486 g/mol. The summed E-state index contributed by atoms with van der Waals surface area (Å²) in [6.45, 7) is 3.89. The van der Waals surface area contributed by atoms with Crippen molar-refractivity contribution in [1.29, 1.82) is 0 Å². The van der Waals surface area contributed by atoms with Crippen molar-refractivity contribution in [3.8, 4) is 5.75 Å². The number of aromatic hydroxyl groups is 1. The van der Waals surface area contributed by atoms with Gasteiger partial charge in [0, 0.05) is 22.9 Å². The lowest BCUT2D eigenvalue weighted by Crippen LogP contribution is -2.52. The van der Waals surface area contributed by atoms with Crippen LogP contribution in [0.4, 0.5) is 0 Å². The molecular formula is C22H16Br2O3. The van der Waals surface area contributed by atoms with Crippen molar-refractivity contribution in [1.82, 2.24) is 0 Å². The maximum atomic E-state index is 13.1. The van der Waals surface area contributed by atoms with Gasteiger partial charge in [0.05, 0.1) is 10.4 Å². The lowest BCUT2D eigenvalue weighted by molar-refractivity contribution is -0.127. The maximum Gasteiger partial charge on any atom is 0.175 e. The molecule has 0 aromatic heterocycles. The second kappa shape index (κ2) is 6.57. The van der Waals surface area contributed by atoms with Crippen LogP contribution >= 0.6 is 31.9 Å². The van der Waals surface area contributed by atoms with E-state index in [0.717, 1.165) is 11.0 Å². The molecule has 0 bridgehead atoms. The third kappa shape index (κ3) is 2.59. The highest BCUT2D eigenvalue weighted by atomic mass is 79.9. The normalized spacial score (nSPS) is 27.8. The summed E-state index contributed by atoms with van der Waals surface area (Å²) >= 11 is 6.87. The highest BCUT2D eigenvalue weighted by Gasteiger charge is 2.57. The Labute approximate surface area is 173 Å². The number of alkyl halides is 1. The number of halogens is 2. The Bertz CT molecular complexity index is 1070. The van der Waals surface area contributed by atoms with E-state index in [-0.39, 0.29) is 17.3 Å². The van der Waals surface area contributed by atoms with Crippen LogP contribution in [0.5, 0.6) is 5.75 Å². The first-order valence-electron chi connectivity index (χ1n) is 8.57. The topological polar surface area (TPSA) is 54.4 Å². The number of phenols is 1. The second-order valence-electron chi connectivity index (χ2n) is 6.84. The summed E-state index contributed by atoms with van der Waals surface area (Å²) < 4.78 is -0.857. The Morgan fingerprint density at radius 2 is 1.93 bits per heavy atom. The predicted molar refractivity (Wildman–Crippen MR) is 113 cm³/mol. The Balaban J connectivity index is 1.99. The van der Waals surface area contributed by atoms with Gasteiger partial charge in [-0.05, 0) is 33.3 Å². The van der Waals surface area contributed by atoms with E-state index in [1.165, 1.54) is 6.08 Å². The summed E-state index contributed by atoms with van der Waals surface area (Å²) in [7, 11) is 0. The Morgan fingerprint density at radius 3 is 2.67 bits per heavy atom. The van der Waals surface area contributed by atoms with Gasteiger partial charge >= 0.3 is 0 Å². The number of Topliss-reactive ketones (excluding diaryl/α,β-unsaturated/α-hetero) is 1. The van der Waals surface area contributed by atoms with Gasteiger partial charge in [0.25, 0.3) is 0 Å². The molecule has 0 amide bonds. The van der Waals surface area contributed by atoms with Crippen LogP contribution in [0.3, 0.4) is 0 Å². The molecule has 5 heteroatoms. The first kappa shape index (κ1) is 18.4. The van der Waals surface area contributed by atoms with E-state index < -0.39 is 16.2 Å². The van der Waals surface area contributed by atoms with E-state index in [1.807, 2.05) is 42.5 Å². The third-order valence-corrected chi connectivity index (χ3v) is 7.54. The number of benzene rings is 2. The third-order valence-electron chi connectivity index (χ3n) is 5.52. The van der Waals surface area contributed by atoms with Gasteiger partial charge < -0.3 is 5.11 Å². The van der Waals surface area contributed by atoms with E-state index in [0.29, 0.717) is 21.9 Å². The van der Waals surface area contributed by atoms with Crippen LogP contribution in [0.15, 0.2) is 71.3 Å². The highest BCUT2D eigenvalue weighted by molar-refractivity contribution is 9.12. The minimum Gasteiger partial charge on any atom is -0.507 e. The number of hydrogen-bond acceptors (Lipinski definition) is 3. The first-order valence-corrected chi connectivity index (χ1v) is 10.2. The molecule has 0 saturated carbocycles. The zero-order valence-corrected chi connectivity index (χ0v) is 17.5. The fourth-order valence-electron chi connectivity index (χ4n) is 4.17. The smallest absolute Gasteiger partial charge is 0.175 e. The van der Waals surface area contributed by atoms with Gasteiger partial charge in [0.2, 0.25) is 0 Å². The van der Waals surface area contributed by atoms with E-state index in [4.69, 9.17) is 0 Å². The molecule has 27 heavy (non-hydrogen) atoms. The van der Waals surface area contributed by atoms with Crippen molar-refractivity contribution in [2.45, 2.75) is 16.7 Å². The van der Waals surface area contributed by atoms with E-state index >= 15 is 0 Å². The summed E-state index contributed by atoms with van der Waals surface area (Å²) in [6.07, 6.45) is 5.41. The van der Waals surface area contributed by atoms with Crippen molar-refractivity contribution in [2.75, 3.05) is 0 Å². The quantitative estimate of drug-likeness (QED) is 0.583. The van der Waals surface area contributed by atoms with E-state index in [1.54, 1.807) is 6.08 Å². The fourth-order valence-corrected chi connectivity index (χ4v) is 5.68. The summed E-state index contributed by atoms with van der Waals surface area (Å²) in [6, 6.07) is 11.3. The van der Waals surface area contributed by atoms with Crippen LogP contribution in [-0.2, 0) is 9.59 Å². The van der Waals surface area contributed by atoms with Gasteiger partial charge in [-0.3, -0.25) is 9.59 Å². The molecule has 4 rings (SSSR count). The van der Waals surface area contributed by atoms with Crippen molar-refractivity contribution < 1.29 is 14.7 Å². The SMILES string of the molecule is C=CC1=CC[C@H]2C(=O)C(Br)=CC(=O)[C@@]2(Br)[C@H]1c1ccc2ccccc2c1O. The molecule has 0 heterocycles. The van der Waals surface area contributed by atoms with Crippen LogP contribution in [0, 0.1) is 5.92 Å². The van der Waals surface area contributed by atoms with E-state index in [2.05, 4.69) is 38.4 Å². The summed E-state index contributed by atoms with van der Waals surface area (Å²) in [5.74, 6) is -1.25. The molecule has 0 unspecified atom stereocenters. The molecule has 0 saturated heterocycles. The zero-order valence-electron chi connectivity index (χ0n) is 14.3. The number of allylic oxidation sites excluding steroid dienone is 5. The van der Waals surface area contributed by atoms with Crippen LogP contribution in [-0.4, -0.2) is 21.0 Å². The van der Waals surface area contributed by atoms with Gasteiger partial charge in [-0.15, -0.1) is 0 Å². The van der Waals surface area contributed by atoms with Crippen LogP contribution in [0.2, 0.25) is 0 Å². The first-order chi connectivity index (χ1) is 12.9. The molecule has 0 aliphatic heterocycles. The van der Waals surface area contributed by atoms with Gasteiger partial charge in [0.15, 0.2) is 11.6 Å². The number of phenolic OH excluding ortho intramolecular Hbond substituents is 1. The fraction of sp³-hybridized carbons (Fsp3) is 0.182. The van der Waals surface area contributed by atoms with Gasteiger partial charge in [-0.1, -0.05) is 71.1 Å². The van der Waals surface area contributed by atoms with Crippen molar-refractivity contribution in [3.05, 3.63) is 76.8 Å². The summed E-state index contributed by atoms with van der Waals surface area (Å²) in [5.41, 5.74) is 1.43. The number of fused-ring (bicyclic) bond motifs is 2. The molecule has 0 spiro atoms. The Morgan fingerprint density at radius 1 is 1.19 bits per heavy atom. The van der Waals surface area contributed by atoms with Crippen molar-refractivity contribution >= 4 is 54.2 Å². The molecule has 3 atom stereocenters. The largest absolute Gasteiger partial charge is 0.507 e. The van der Waals surface area contributed by atoms with Crippen LogP contribution < -0.4 is 0 Å². The number of rotatable bonds is 2. The molecule has 2 aliphatic carbocycles. The minimum absolute atomic E-state index is 0.115. The van der Waals surface area contributed by atoms with Gasteiger partial charge in [0.1, 0.15) is 10.1 Å². The zero-order chi connectivity index (χ0) is 19.3. The van der Waals surface area contributed by atoms with E-state index in [9.17, 15) is 14.7 Å². The summed E-state index contributed by atoms with van der Waals surface area (Å²) in [5, 5.41) is 12.6. The van der Waals surface area contributed by atoms with Crippen LogP contribution in [0.25, 0.3) is 10.8 Å². The van der Waals surface area contributed by atoms with Crippen LogP contribution in [0.1, 0.15) is 17.9 Å². The van der Waals surface area contributed by atoms with Gasteiger partial charge in [-0.2, -0.15) is 0 Å². The predicted octanol–water partition coefficient (Wildman–Crippen LogP) is 5.33. The van der Waals surface area contributed by atoms with Crippen molar-refractivity contribution in [2.24, 2.45) is 5.92 Å². The molecule has 2 aromatic rings. The van der Waals surface area contributed by atoms with Gasteiger partial charge in [-0.25, -0.2) is 0 Å². The average Bonchev–Trinajstić information content (AvgIpc) is 2.67. The molecule has 0 fully saturated rings. The molecule has 136 valence electrons. The Kier molecular flexibility index (Phi) is 4.47. The highest BCUT2D eigenvalue weighted by Crippen LogP contribution is 2.56. The molecule has 1 N–H and O–H groups in total. The number of carbonyl (C=O) groups excluding carboxylic acids is 2. The second-order valence-corrected chi connectivity index (χ2v) is 9.01. The molecular weight excluding hydrogens is 472 g/mol. The maximum absolute atomic E-state index is 13.1. The Hall–Kier alpha value is -1.98. The average molecular weight is 488 g/mol. The number of carbonyl (C=O) groups is 2. The lowest BCUT2D eigenvalue weighted by atomic mass is 9.63. The number of ketones is 2. The molecule has 3 nitrogen and oxygen atoms in total. The molecule has 0 radical (unpaired) electrons. The summed E-state index contributed by atoms with van der Waals surface area (Å²) in [4.78, 5) is 25.8. The lowest BCUT2D eigenvalue weighted by Gasteiger charge is -2.45. The van der Waals surface area contributed by atoms with Crippen molar-refractivity contribution in [3.63, 3.8) is 0 Å². The molecule has 2 aliphatic rings. The standard InChI is InChI=1S/C22H16Br2O3/c1-2-12-8-10-16-21(27)17(23)11-18(25)22(16,24)19(12)15-9-7-13-5-3-4-6-14(13)20(15)26/h2-9,11,16,19,26H,1,10H2/t16-,19+,22+/m0/s1. The molecule has 2 aromatic carbocycles. The minimum atomic E-state index is -1.15.